The van der Waals surface area contributed by atoms with Crippen molar-refractivity contribution in [2.24, 2.45) is 0 Å². The predicted octanol–water partition coefficient (Wildman–Crippen LogP) is -0.450. The number of aromatic carboxylic acids is 1. The largest absolute Gasteiger partial charge is 0.478 e. The summed E-state index contributed by atoms with van der Waals surface area (Å²) in [5.41, 5.74) is -0.720. The number of amides is 2. The van der Waals surface area contributed by atoms with Crippen LogP contribution < -0.4 is 16.0 Å². The van der Waals surface area contributed by atoms with Crippen molar-refractivity contribution in [3.05, 3.63) is 29.6 Å². The summed E-state index contributed by atoms with van der Waals surface area (Å²) in [6, 6.07) is 2.75. The molecule has 1 aliphatic heterocycles. The van der Waals surface area contributed by atoms with E-state index in [1.54, 1.807) is 0 Å². The highest BCUT2D eigenvalue weighted by Crippen LogP contribution is 2.20. The van der Waals surface area contributed by atoms with Gasteiger partial charge in [0.2, 0.25) is 11.8 Å². The van der Waals surface area contributed by atoms with Crippen molar-refractivity contribution in [3.63, 3.8) is 0 Å². The Kier molecular flexibility index (Phi) is 3.94. The number of halogens is 1. The number of carboxylic acids is 1. The number of rotatable bonds is 3. The highest BCUT2D eigenvalue weighted by atomic mass is 19.1. The van der Waals surface area contributed by atoms with Crippen LogP contribution in [0.4, 0.5) is 10.1 Å². The van der Waals surface area contributed by atoms with E-state index >= 15 is 0 Å². The molecule has 1 unspecified atom stereocenters. The number of nitrogens with one attached hydrogen (secondary N) is 3. The normalized spacial score (nSPS) is 18.2. The highest BCUT2D eigenvalue weighted by molar-refractivity contribution is 6.02. The molecule has 0 bridgehead atoms. The van der Waals surface area contributed by atoms with Crippen LogP contribution in [0, 0.1) is 5.82 Å². The van der Waals surface area contributed by atoms with E-state index in [4.69, 9.17) is 5.11 Å². The highest BCUT2D eigenvalue weighted by Gasteiger charge is 2.25. The number of anilines is 1. The molecule has 0 saturated carbocycles. The number of carbonyl (C=O) groups excluding carboxylic acids is 2. The van der Waals surface area contributed by atoms with E-state index in [2.05, 4.69) is 16.0 Å². The summed E-state index contributed by atoms with van der Waals surface area (Å²) < 4.78 is 13.6. The number of benzene rings is 1. The van der Waals surface area contributed by atoms with Crippen molar-refractivity contribution < 1.29 is 23.9 Å². The van der Waals surface area contributed by atoms with Gasteiger partial charge in [-0.25, -0.2) is 9.18 Å². The quantitative estimate of drug-likeness (QED) is 0.600. The third-order valence-corrected chi connectivity index (χ3v) is 2.82. The number of piperazine rings is 1. The van der Waals surface area contributed by atoms with Gasteiger partial charge in [-0.15, -0.1) is 0 Å². The molecule has 1 aromatic carbocycles. The van der Waals surface area contributed by atoms with Crippen molar-refractivity contribution in [1.82, 2.24) is 10.6 Å². The molecule has 0 aliphatic carbocycles. The lowest BCUT2D eigenvalue weighted by Crippen LogP contribution is -2.56. The average Bonchev–Trinajstić information content (AvgIpc) is 2.41. The minimum Gasteiger partial charge on any atom is -0.478 e. The van der Waals surface area contributed by atoms with Crippen LogP contribution in [0.1, 0.15) is 10.4 Å². The van der Waals surface area contributed by atoms with Gasteiger partial charge in [-0.3, -0.25) is 14.9 Å². The third-order valence-electron chi connectivity index (χ3n) is 2.82. The summed E-state index contributed by atoms with van der Waals surface area (Å²) in [5, 5.41) is 16.3. The summed E-state index contributed by atoms with van der Waals surface area (Å²) in [6.45, 7) is 0.0304. The van der Waals surface area contributed by atoms with Crippen LogP contribution in [0.2, 0.25) is 0 Å². The monoisotopic (exact) mass is 281 g/mol. The molecule has 0 radical (unpaired) electrons. The number of carboxylic acid groups (broad SMARTS) is 1. The molecule has 8 heteroatoms. The maximum Gasteiger partial charge on any atom is 0.337 e. The van der Waals surface area contributed by atoms with Gasteiger partial charge < -0.3 is 15.7 Å². The Morgan fingerprint density at radius 2 is 2.15 bits per heavy atom. The molecule has 20 heavy (non-hydrogen) atoms. The predicted molar refractivity (Wildman–Crippen MR) is 66.8 cm³/mol. The van der Waals surface area contributed by atoms with Crippen molar-refractivity contribution in [1.29, 1.82) is 0 Å². The van der Waals surface area contributed by atoms with Gasteiger partial charge in [0.25, 0.3) is 0 Å². The van der Waals surface area contributed by atoms with Crippen LogP contribution in [-0.2, 0) is 9.59 Å². The van der Waals surface area contributed by atoms with Gasteiger partial charge in [0.05, 0.1) is 17.8 Å². The molecule has 1 aromatic rings. The molecule has 0 aromatic heterocycles. The van der Waals surface area contributed by atoms with Gasteiger partial charge in [-0.2, -0.15) is 0 Å². The summed E-state index contributed by atoms with van der Waals surface area (Å²) in [6.07, 6.45) is 0. The molecule has 1 heterocycles. The third kappa shape index (κ3) is 2.91. The second-order valence-corrected chi connectivity index (χ2v) is 4.19. The van der Waals surface area contributed by atoms with Crippen molar-refractivity contribution in [3.8, 4) is 0 Å². The van der Waals surface area contributed by atoms with Gasteiger partial charge >= 0.3 is 5.97 Å². The van der Waals surface area contributed by atoms with Gasteiger partial charge in [-0.05, 0) is 12.1 Å². The van der Waals surface area contributed by atoms with Gasteiger partial charge in [0.1, 0.15) is 11.9 Å². The molecule has 106 valence electrons. The van der Waals surface area contributed by atoms with E-state index in [1.165, 1.54) is 12.1 Å². The zero-order chi connectivity index (χ0) is 14.7. The molecule has 1 aliphatic rings. The molecule has 7 nitrogen and oxygen atoms in total. The number of hydrogen-bond acceptors (Lipinski definition) is 4. The average molecular weight is 281 g/mol. The van der Waals surface area contributed by atoms with Crippen LogP contribution in [-0.4, -0.2) is 42.0 Å². The first kappa shape index (κ1) is 13.9. The smallest absolute Gasteiger partial charge is 0.337 e. The fourth-order valence-electron chi connectivity index (χ4n) is 1.79. The van der Waals surface area contributed by atoms with Crippen LogP contribution in [0.15, 0.2) is 18.2 Å². The first-order valence-corrected chi connectivity index (χ1v) is 5.82. The van der Waals surface area contributed by atoms with Crippen LogP contribution in [0.3, 0.4) is 0 Å². The Morgan fingerprint density at radius 3 is 2.75 bits per heavy atom. The molecule has 1 atom stereocenters. The standard InChI is InChI=1S/C12H12FN3O4/c13-7-3-1-2-6(12(19)20)10(7)16-11(18)8-4-15-9(17)5-14-8/h1-3,8,14H,4-5H2,(H,15,17)(H,16,18)(H,19,20). The van der Waals surface area contributed by atoms with Crippen molar-refractivity contribution in [2.45, 2.75) is 6.04 Å². The Balaban J connectivity index is 2.15. The molecule has 4 N–H and O–H groups in total. The van der Waals surface area contributed by atoms with Gasteiger partial charge in [0, 0.05) is 6.54 Å². The summed E-state index contributed by atoms with van der Waals surface area (Å²) >= 11 is 0. The van der Waals surface area contributed by atoms with E-state index < -0.39 is 23.7 Å². The second kappa shape index (κ2) is 5.66. The lowest BCUT2D eigenvalue weighted by atomic mass is 10.1. The summed E-state index contributed by atoms with van der Waals surface area (Å²) in [4.78, 5) is 33.8. The SMILES string of the molecule is O=C1CNC(C(=O)Nc2c(F)cccc2C(=O)O)CN1. The van der Waals surface area contributed by atoms with E-state index in [-0.39, 0.29) is 30.2 Å². The number of carbonyl (C=O) groups is 3. The molecule has 1 fully saturated rings. The second-order valence-electron chi connectivity index (χ2n) is 4.19. The maximum absolute atomic E-state index is 13.6. The molecular formula is C12H12FN3O4. The van der Waals surface area contributed by atoms with E-state index in [0.717, 1.165) is 6.07 Å². The molecule has 2 amide bonds. The van der Waals surface area contributed by atoms with Gasteiger partial charge in [-0.1, -0.05) is 6.07 Å². The van der Waals surface area contributed by atoms with Crippen LogP contribution >= 0.6 is 0 Å². The van der Waals surface area contributed by atoms with Crippen molar-refractivity contribution >= 4 is 23.5 Å². The minimum atomic E-state index is -1.34. The molecule has 1 saturated heterocycles. The lowest BCUT2D eigenvalue weighted by Gasteiger charge is -2.23. The lowest BCUT2D eigenvalue weighted by molar-refractivity contribution is -0.124. The number of para-hydroxylation sites is 1. The summed E-state index contributed by atoms with van der Waals surface area (Å²) in [7, 11) is 0. The van der Waals surface area contributed by atoms with Crippen molar-refractivity contribution in [2.75, 3.05) is 18.4 Å². The fraction of sp³-hybridized carbons (Fsp3) is 0.250. The Bertz CT molecular complexity index is 566. The zero-order valence-corrected chi connectivity index (χ0v) is 10.3. The maximum atomic E-state index is 13.6. The van der Waals surface area contributed by atoms with Gasteiger partial charge in [0.15, 0.2) is 0 Å². The van der Waals surface area contributed by atoms with Crippen LogP contribution in [0.25, 0.3) is 0 Å². The molecular weight excluding hydrogens is 269 g/mol. The number of hydrogen-bond donors (Lipinski definition) is 4. The van der Waals surface area contributed by atoms with E-state index in [0.29, 0.717) is 0 Å². The topological polar surface area (TPSA) is 108 Å². The first-order valence-electron chi connectivity index (χ1n) is 5.82. The Labute approximate surface area is 113 Å². The first-order chi connectivity index (χ1) is 9.49. The molecule has 2 rings (SSSR count). The van der Waals surface area contributed by atoms with Crippen LogP contribution in [0.5, 0.6) is 0 Å². The summed E-state index contributed by atoms with van der Waals surface area (Å²) in [5.74, 6) is -3.04. The van der Waals surface area contributed by atoms with E-state index in [1.807, 2.05) is 0 Å². The molecule has 0 spiro atoms. The fourth-order valence-corrected chi connectivity index (χ4v) is 1.79. The zero-order valence-electron chi connectivity index (χ0n) is 10.3. The minimum absolute atomic E-state index is 0.0266. The Morgan fingerprint density at radius 1 is 1.40 bits per heavy atom. The Hall–Kier alpha value is -2.48. The van der Waals surface area contributed by atoms with E-state index in [9.17, 15) is 18.8 Å².